The van der Waals surface area contributed by atoms with Gasteiger partial charge in [0.25, 0.3) is 5.91 Å². The molecule has 0 atom stereocenters. The Hall–Kier alpha value is -2.08. The Morgan fingerprint density at radius 1 is 1.00 bits per heavy atom. The van der Waals surface area contributed by atoms with Crippen molar-refractivity contribution in [2.75, 3.05) is 6.54 Å². The summed E-state index contributed by atoms with van der Waals surface area (Å²) in [6, 6.07) is 11.7. The van der Waals surface area contributed by atoms with Crippen LogP contribution >= 0.6 is 34.8 Å². The molecular formula is C17H14Cl3N3O2. The van der Waals surface area contributed by atoms with Crippen molar-refractivity contribution in [2.45, 2.75) is 6.42 Å². The molecule has 0 saturated heterocycles. The molecule has 0 saturated carbocycles. The monoisotopic (exact) mass is 397 g/mol. The number of hydrogen-bond donors (Lipinski definition) is 2. The van der Waals surface area contributed by atoms with E-state index in [1.165, 1.54) is 18.3 Å². The lowest BCUT2D eigenvalue weighted by Gasteiger charge is -2.05. The van der Waals surface area contributed by atoms with Crippen molar-refractivity contribution in [1.82, 2.24) is 10.7 Å². The molecule has 2 N–H and O–H groups in total. The summed E-state index contributed by atoms with van der Waals surface area (Å²) in [4.78, 5) is 23.6. The van der Waals surface area contributed by atoms with Gasteiger partial charge in [0, 0.05) is 29.1 Å². The molecule has 2 rings (SSSR count). The van der Waals surface area contributed by atoms with Crippen molar-refractivity contribution in [3.8, 4) is 0 Å². The number of benzene rings is 2. The highest BCUT2D eigenvalue weighted by Gasteiger charge is 2.08. The Bertz CT molecular complexity index is 809. The second kappa shape index (κ2) is 9.42. The van der Waals surface area contributed by atoms with E-state index in [4.69, 9.17) is 34.8 Å². The number of hydrogen-bond acceptors (Lipinski definition) is 3. The summed E-state index contributed by atoms with van der Waals surface area (Å²) in [5.41, 5.74) is 3.43. The Labute approximate surface area is 160 Å². The summed E-state index contributed by atoms with van der Waals surface area (Å²) >= 11 is 17.6. The third kappa shape index (κ3) is 6.05. The minimum Gasteiger partial charge on any atom is -0.352 e. The molecule has 0 aromatic heterocycles. The van der Waals surface area contributed by atoms with E-state index in [1.807, 2.05) is 6.07 Å². The van der Waals surface area contributed by atoms with Crippen molar-refractivity contribution in [1.29, 1.82) is 0 Å². The number of halogens is 3. The molecule has 5 nitrogen and oxygen atoms in total. The highest BCUT2D eigenvalue weighted by molar-refractivity contribution is 6.42. The van der Waals surface area contributed by atoms with E-state index in [2.05, 4.69) is 15.8 Å². The summed E-state index contributed by atoms with van der Waals surface area (Å²) in [5, 5.41) is 7.64. The van der Waals surface area contributed by atoms with Crippen LogP contribution in [0.2, 0.25) is 15.1 Å². The van der Waals surface area contributed by atoms with Gasteiger partial charge in [0.15, 0.2) is 0 Å². The lowest BCUT2D eigenvalue weighted by atomic mass is 10.2. The third-order valence-electron chi connectivity index (χ3n) is 3.12. The molecule has 0 unspecified atom stereocenters. The quantitative estimate of drug-likeness (QED) is 0.572. The van der Waals surface area contributed by atoms with Gasteiger partial charge in [-0.15, -0.1) is 0 Å². The summed E-state index contributed by atoms with van der Waals surface area (Å²) < 4.78 is 0. The summed E-state index contributed by atoms with van der Waals surface area (Å²) in [7, 11) is 0. The van der Waals surface area contributed by atoms with Gasteiger partial charge >= 0.3 is 0 Å². The zero-order valence-electron chi connectivity index (χ0n) is 12.9. The van der Waals surface area contributed by atoms with Crippen LogP contribution in [0.15, 0.2) is 47.6 Å². The third-order valence-corrected chi connectivity index (χ3v) is 4.20. The maximum Gasteiger partial charge on any atom is 0.251 e. The fraction of sp³-hybridized carbons (Fsp3) is 0.118. The largest absolute Gasteiger partial charge is 0.352 e. The van der Waals surface area contributed by atoms with Crippen molar-refractivity contribution < 1.29 is 9.59 Å². The molecule has 0 heterocycles. The van der Waals surface area contributed by atoms with Gasteiger partial charge in [-0.3, -0.25) is 9.59 Å². The number of rotatable bonds is 6. The lowest BCUT2D eigenvalue weighted by molar-refractivity contribution is -0.120. The van der Waals surface area contributed by atoms with E-state index in [0.29, 0.717) is 26.2 Å². The fourth-order valence-electron chi connectivity index (χ4n) is 1.84. The molecule has 130 valence electrons. The normalized spacial score (nSPS) is 10.7. The standard InChI is InChI=1S/C17H14Cl3N3O2/c18-13-4-2-1-3-12(13)10-22-23-16(24)7-8-21-17(25)11-5-6-14(19)15(20)9-11/h1-6,9-10H,7-8H2,(H,21,25)(H,23,24). The van der Waals surface area contributed by atoms with E-state index in [0.717, 1.165) is 0 Å². The second-order valence-electron chi connectivity index (χ2n) is 4.95. The summed E-state index contributed by atoms with van der Waals surface area (Å²) in [5.74, 6) is -0.677. The summed E-state index contributed by atoms with van der Waals surface area (Å²) in [6.45, 7) is 0.159. The number of carbonyl (C=O) groups excluding carboxylic acids is 2. The zero-order chi connectivity index (χ0) is 18.2. The summed E-state index contributed by atoms with van der Waals surface area (Å²) in [6.07, 6.45) is 1.53. The van der Waals surface area contributed by atoms with Crippen molar-refractivity contribution in [3.63, 3.8) is 0 Å². The number of carbonyl (C=O) groups is 2. The predicted molar refractivity (Wildman–Crippen MR) is 101 cm³/mol. The van der Waals surface area contributed by atoms with Crippen LogP contribution in [-0.4, -0.2) is 24.6 Å². The Balaban J connectivity index is 1.75. The molecule has 0 bridgehead atoms. The van der Waals surface area contributed by atoms with Gasteiger partial charge in [0.1, 0.15) is 0 Å². The Morgan fingerprint density at radius 3 is 2.48 bits per heavy atom. The molecule has 0 aliphatic heterocycles. The minimum absolute atomic E-state index is 0.0763. The first kappa shape index (κ1) is 19.2. The molecule has 0 spiro atoms. The molecular weight excluding hydrogens is 385 g/mol. The van der Waals surface area contributed by atoms with Gasteiger partial charge in [-0.2, -0.15) is 5.10 Å². The van der Waals surface area contributed by atoms with Crippen LogP contribution in [0, 0.1) is 0 Å². The van der Waals surface area contributed by atoms with E-state index in [1.54, 1.807) is 24.3 Å². The topological polar surface area (TPSA) is 70.6 Å². The number of nitrogens with zero attached hydrogens (tertiary/aromatic N) is 1. The van der Waals surface area contributed by atoms with Gasteiger partial charge in [-0.25, -0.2) is 5.43 Å². The Morgan fingerprint density at radius 2 is 1.76 bits per heavy atom. The van der Waals surface area contributed by atoms with Crippen LogP contribution in [0.1, 0.15) is 22.3 Å². The van der Waals surface area contributed by atoms with Gasteiger partial charge in [0.2, 0.25) is 5.91 Å². The van der Waals surface area contributed by atoms with Crippen LogP contribution in [0.4, 0.5) is 0 Å². The average Bonchev–Trinajstić information content (AvgIpc) is 2.59. The Kier molecular flexibility index (Phi) is 7.25. The van der Waals surface area contributed by atoms with Crippen LogP contribution < -0.4 is 10.7 Å². The van der Waals surface area contributed by atoms with Crippen LogP contribution in [0.3, 0.4) is 0 Å². The first-order chi connectivity index (χ1) is 12.0. The van der Waals surface area contributed by atoms with Crippen molar-refractivity contribution in [3.05, 3.63) is 68.7 Å². The van der Waals surface area contributed by atoms with Gasteiger partial charge in [-0.05, 0) is 24.3 Å². The van der Waals surface area contributed by atoms with Gasteiger partial charge in [0.05, 0.1) is 16.3 Å². The molecule has 8 heteroatoms. The lowest BCUT2D eigenvalue weighted by Crippen LogP contribution is -2.29. The van der Waals surface area contributed by atoms with Crippen LogP contribution in [0.25, 0.3) is 0 Å². The SMILES string of the molecule is O=C(CCNC(=O)c1ccc(Cl)c(Cl)c1)NN=Cc1ccccc1Cl. The van der Waals surface area contributed by atoms with E-state index >= 15 is 0 Å². The number of amides is 2. The minimum atomic E-state index is -0.342. The van der Waals surface area contributed by atoms with E-state index < -0.39 is 0 Å². The second-order valence-corrected chi connectivity index (χ2v) is 6.17. The predicted octanol–water partition coefficient (Wildman–Crippen LogP) is 3.92. The number of hydrazone groups is 1. The maximum absolute atomic E-state index is 11.9. The zero-order valence-corrected chi connectivity index (χ0v) is 15.2. The molecule has 0 aliphatic rings. The van der Waals surface area contributed by atoms with Crippen LogP contribution in [-0.2, 0) is 4.79 Å². The average molecular weight is 399 g/mol. The molecule has 2 aromatic rings. The molecule has 0 aliphatic carbocycles. The van der Waals surface area contributed by atoms with Gasteiger partial charge < -0.3 is 5.32 Å². The first-order valence-corrected chi connectivity index (χ1v) is 8.40. The van der Waals surface area contributed by atoms with E-state index in [9.17, 15) is 9.59 Å². The smallest absolute Gasteiger partial charge is 0.251 e. The fourth-order valence-corrected chi connectivity index (χ4v) is 2.32. The van der Waals surface area contributed by atoms with Crippen molar-refractivity contribution >= 4 is 52.8 Å². The van der Waals surface area contributed by atoms with Crippen molar-refractivity contribution in [2.24, 2.45) is 5.10 Å². The molecule has 0 radical (unpaired) electrons. The maximum atomic E-state index is 11.9. The number of nitrogens with one attached hydrogen (secondary N) is 2. The molecule has 0 fully saturated rings. The highest BCUT2D eigenvalue weighted by Crippen LogP contribution is 2.22. The molecule has 2 amide bonds. The highest BCUT2D eigenvalue weighted by atomic mass is 35.5. The van der Waals surface area contributed by atoms with E-state index in [-0.39, 0.29) is 24.8 Å². The molecule has 25 heavy (non-hydrogen) atoms. The molecule has 2 aromatic carbocycles. The van der Waals surface area contributed by atoms with Gasteiger partial charge in [-0.1, -0.05) is 53.0 Å². The first-order valence-electron chi connectivity index (χ1n) is 7.27. The van der Waals surface area contributed by atoms with Crippen LogP contribution in [0.5, 0.6) is 0 Å².